The molecule has 0 spiro atoms. The summed E-state index contributed by atoms with van der Waals surface area (Å²) < 4.78 is 31.4. The van der Waals surface area contributed by atoms with Crippen LogP contribution in [0.25, 0.3) is 4.85 Å². The molecule has 0 bridgehead atoms. The fraction of sp³-hybridized carbons (Fsp3) is 0.429. The van der Waals surface area contributed by atoms with E-state index >= 15 is 0 Å². The number of hydrogen-bond donors (Lipinski definition) is 3. The van der Waals surface area contributed by atoms with Crippen LogP contribution in [0.2, 0.25) is 0 Å². The summed E-state index contributed by atoms with van der Waals surface area (Å²) in [5.74, 6) is -0.0762. The van der Waals surface area contributed by atoms with Crippen LogP contribution in [0.4, 0.5) is 5.82 Å². The lowest BCUT2D eigenvalue weighted by Crippen LogP contribution is -2.44. The number of nitrogens with two attached hydrogens (primary N) is 1. The molecule has 13 heteroatoms. The minimum absolute atomic E-state index is 0.00569. The van der Waals surface area contributed by atoms with Crippen LogP contribution in [0.15, 0.2) is 47.4 Å². The fourth-order valence-corrected chi connectivity index (χ4v) is 4.89. The van der Waals surface area contributed by atoms with Crippen molar-refractivity contribution in [1.82, 2.24) is 14.6 Å². The standard InChI is InChI=1S/C21H26N5O7P/c1-13(14(2)27)25-34(30,33-15-8-6-5-7-9-15)31-12-16-18(28)21(3,23-4)19(32-16)26-11-10-17(22)24-20(26)29/h5-11,13,16,18-19,28H,12H2,1-3H3,(H,25,30)(H2,22,24,29)/t13-,16+,18+,19+,21+,34?/m0/s1. The van der Waals surface area contributed by atoms with Crippen LogP contribution in [0, 0.1) is 6.57 Å². The highest BCUT2D eigenvalue weighted by Gasteiger charge is 2.61. The summed E-state index contributed by atoms with van der Waals surface area (Å²) in [6, 6.07) is 8.70. The molecule has 6 atom stereocenters. The van der Waals surface area contributed by atoms with Crippen molar-refractivity contribution in [1.29, 1.82) is 0 Å². The summed E-state index contributed by atoms with van der Waals surface area (Å²) in [6.45, 7) is 11.4. The lowest BCUT2D eigenvalue weighted by atomic mass is 9.93. The number of hydrogen-bond acceptors (Lipinski definition) is 9. The highest BCUT2D eigenvalue weighted by molar-refractivity contribution is 7.52. The lowest BCUT2D eigenvalue weighted by Gasteiger charge is -2.24. The molecule has 0 saturated carbocycles. The SMILES string of the molecule is [C-]#[N+][C@]1(C)[C@H](O)[C@@H](COP(=O)(N[C@@H](C)C(C)=O)Oc2ccccc2)O[C@H]1n1ccc(N)nc1=O. The second kappa shape index (κ2) is 10.0. The van der Waals surface area contributed by atoms with Crippen LogP contribution < -0.4 is 21.0 Å². The minimum Gasteiger partial charge on any atom is -0.413 e. The number of carbonyl (C=O) groups excluding carboxylic acids is 1. The number of aromatic nitrogens is 2. The van der Waals surface area contributed by atoms with Crippen molar-refractivity contribution >= 4 is 19.3 Å². The maximum Gasteiger partial charge on any atom is 0.459 e. The van der Waals surface area contributed by atoms with Gasteiger partial charge in [-0.05, 0) is 32.0 Å². The highest BCUT2D eigenvalue weighted by Crippen LogP contribution is 2.47. The zero-order valence-electron chi connectivity index (χ0n) is 18.8. The van der Waals surface area contributed by atoms with E-state index in [1.807, 2.05) is 0 Å². The number of rotatable bonds is 9. The summed E-state index contributed by atoms with van der Waals surface area (Å²) in [5, 5.41) is 13.4. The molecule has 1 unspecified atom stereocenters. The van der Waals surface area contributed by atoms with Crippen LogP contribution in [-0.2, 0) is 18.6 Å². The lowest BCUT2D eigenvalue weighted by molar-refractivity contribution is -0.118. The molecule has 12 nitrogen and oxygen atoms in total. The topological polar surface area (TPSA) is 159 Å². The van der Waals surface area contributed by atoms with E-state index in [-0.39, 0.29) is 17.4 Å². The Kier molecular flexibility index (Phi) is 7.55. The first kappa shape index (κ1) is 25.6. The number of aliphatic hydroxyl groups is 1. The molecule has 4 N–H and O–H groups in total. The maximum atomic E-state index is 13.5. The van der Waals surface area contributed by atoms with Gasteiger partial charge in [0, 0.05) is 13.1 Å². The largest absolute Gasteiger partial charge is 0.459 e. The molecule has 1 fully saturated rings. The zero-order valence-corrected chi connectivity index (χ0v) is 19.7. The predicted octanol–water partition coefficient (Wildman–Crippen LogP) is 1.53. The van der Waals surface area contributed by atoms with Gasteiger partial charge in [-0.25, -0.2) is 21.0 Å². The van der Waals surface area contributed by atoms with Gasteiger partial charge in [0.1, 0.15) is 23.5 Å². The zero-order chi connectivity index (χ0) is 25.1. The van der Waals surface area contributed by atoms with Gasteiger partial charge in [0.15, 0.2) is 6.10 Å². The Morgan fingerprint density at radius 1 is 1.44 bits per heavy atom. The molecule has 1 aromatic heterocycles. The van der Waals surface area contributed by atoms with Crippen LogP contribution in [0.1, 0.15) is 27.0 Å². The molecule has 0 radical (unpaired) electrons. The number of nitrogens with one attached hydrogen (secondary N) is 1. The third kappa shape index (κ3) is 5.35. The normalized spacial score (nSPS) is 26.9. The number of nitrogen functional groups attached to an aromatic ring is 1. The fourth-order valence-electron chi connectivity index (χ4n) is 3.31. The second-order valence-electron chi connectivity index (χ2n) is 8.01. The third-order valence-corrected chi connectivity index (χ3v) is 7.08. The molecule has 34 heavy (non-hydrogen) atoms. The number of carbonyl (C=O) groups is 1. The summed E-state index contributed by atoms with van der Waals surface area (Å²) in [6.07, 6.45) is -2.48. The van der Waals surface area contributed by atoms with Gasteiger partial charge >= 0.3 is 19.0 Å². The molecule has 182 valence electrons. The van der Waals surface area contributed by atoms with Crippen molar-refractivity contribution in [2.75, 3.05) is 12.3 Å². The number of ether oxygens (including phenoxy) is 1. The number of benzene rings is 1. The van der Waals surface area contributed by atoms with Gasteiger partial charge in [-0.1, -0.05) is 18.2 Å². The van der Waals surface area contributed by atoms with E-state index in [2.05, 4.69) is 14.9 Å². The van der Waals surface area contributed by atoms with Crippen molar-refractivity contribution in [3.63, 3.8) is 0 Å². The van der Waals surface area contributed by atoms with Crippen molar-refractivity contribution < 1.29 is 28.3 Å². The number of nitrogens with zero attached hydrogens (tertiary/aromatic N) is 3. The Morgan fingerprint density at radius 3 is 2.71 bits per heavy atom. The molecule has 1 aliphatic rings. The van der Waals surface area contributed by atoms with Gasteiger partial charge in [-0.15, -0.1) is 0 Å². The van der Waals surface area contributed by atoms with Gasteiger partial charge in [0.2, 0.25) is 6.23 Å². The molecule has 3 rings (SSSR count). The number of aliphatic hydroxyl groups excluding tert-OH is 1. The summed E-state index contributed by atoms with van der Waals surface area (Å²) in [5.41, 5.74) is 3.19. The van der Waals surface area contributed by atoms with E-state index in [4.69, 9.17) is 26.1 Å². The summed E-state index contributed by atoms with van der Waals surface area (Å²) >= 11 is 0. The van der Waals surface area contributed by atoms with E-state index in [1.54, 1.807) is 30.3 Å². The third-order valence-electron chi connectivity index (χ3n) is 5.44. The number of anilines is 1. The van der Waals surface area contributed by atoms with Gasteiger partial charge in [-0.3, -0.25) is 13.9 Å². The van der Waals surface area contributed by atoms with Crippen molar-refractivity contribution in [2.24, 2.45) is 0 Å². The first-order valence-electron chi connectivity index (χ1n) is 10.3. The first-order chi connectivity index (χ1) is 16.0. The van der Waals surface area contributed by atoms with Crippen molar-refractivity contribution in [2.45, 2.75) is 50.8 Å². The number of para-hydroxylation sites is 1. The van der Waals surface area contributed by atoms with Crippen molar-refractivity contribution in [3.8, 4) is 5.75 Å². The Balaban J connectivity index is 1.84. The number of ketones is 1. The van der Waals surface area contributed by atoms with Crippen LogP contribution in [0.3, 0.4) is 0 Å². The summed E-state index contributed by atoms with van der Waals surface area (Å²) in [4.78, 5) is 31.2. The molecule has 0 aliphatic carbocycles. The van der Waals surface area contributed by atoms with Gasteiger partial charge in [-0.2, -0.15) is 4.98 Å². The molecule has 2 heterocycles. The van der Waals surface area contributed by atoms with Crippen molar-refractivity contribution in [3.05, 3.63) is 64.5 Å². The Labute approximate surface area is 196 Å². The molecule has 1 aromatic carbocycles. The van der Waals surface area contributed by atoms with E-state index in [0.29, 0.717) is 0 Å². The Hall–Kier alpha value is -3.07. The van der Waals surface area contributed by atoms with Gasteiger partial charge in [0.25, 0.3) is 0 Å². The highest BCUT2D eigenvalue weighted by atomic mass is 31.2. The summed E-state index contributed by atoms with van der Waals surface area (Å²) in [7, 11) is -4.13. The molecule has 2 aromatic rings. The average molecular weight is 491 g/mol. The Morgan fingerprint density at radius 2 is 2.12 bits per heavy atom. The number of Topliss-reactive ketones (excluding diaryl/α,β-unsaturated/α-hetero) is 1. The second-order valence-corrected chi connectivity index (χ2v) is 9.70. The smallest absolute Gasteiger partial charge is 0.413 e. The van der Waals surface area contributed by atoms with E-state index in [9.17, 15) is 19.3 Å². The maximum absolute atomic E-state index is 13.5. The van der Waals surface area contributed by atoms with Crippen LogP contribution in [0.5, 0.6) is 5.75 Å². The van der Waals surface area contributed by atoms with E-state index < -0.39 is 50.1 Å². The Bertz CT molecular complexity index is 1180. The quantitative estimate of drug-likeness (QED) is 0.347. The minimum atomic E-state index is -4.13. The predicted molar refractivity (Wildman–Crippen MR) is 122 cm³/mol. The first-order valence-corrected chi connectivity index (χ1v) is 11.9. The molecule has 0 amide bonds. The van der Waals surface area contributed by atoms with Crippen LogP contribution in [-0.4, -0.2) is 50.8 Å². The van der Waals surface area contributed by atoms with E-state index in [0.717, 1.165) is 4.57 Å². The van der Waals surface area contributed by atoms with Gasteiger partial charge < -0.3 is 24.9 Å². The molecular formula is C21H26N5O7P. The molecular weight excluding hydrogens is 465 g/mol. The average Bonchev–Trinajstić information content (AvgIpc) is 3.04. The molecule has 1 aliphatic heterocycles. The van der Waals surface area contributed by atoms with Crippen LogP contribution >= 0.6 is 7.75 Å². The molecule has 1 saturated heterocycles. The van der Waals surface area contributed by atoms with E-state index in [1.165, 1.54) is 33.0 Å². The monoisotopic (exact) mass is 491 g/mol. The van der Waals surface area contributed by atoms with Gasteiger partial charge in [0.05, 0.1) is 12.6 Å².